The van der Waals surface area contributed by atoms with Crippen molar-refractivity contribution in [2.75, 3.05) is 20.3 Å². The van der Waals surface area contributed by atoms with E-state index in [-0.39, 0.29) is 17.2 Å². The second-order valence-corrected chi connectivity index (χ2v) is 8.35. The van der Waals surface area contributed by atoms with Crippen molar-refractivity contribution in [1.29, 1.82) is 0 Å². The van der Waals surface area contributed by atoms with Crippen LogP contribution in [0.5, 0.6) is 17.2 Å². The summed E-state index contributed by atoms with van der Waals surface area (Å²) in [5.74, 6) is 1.77. The second kappa shape index (κ2) is 12.0. The summed E-state index contributed by atoms with van der Waals surface area (Å²) in [7, 11) is 1.55. The maximum atomic E-state index is 10.7. The maximum Gasteiger partial charge on any atom is 0.150 e. The fourth-order valence-electron chi connectivity index (χ4n) is 3.16. The zero-order valence-corrected chi connectivity index (χ0v) is 19.6. The molecule has 0 aromatic heterocycles. The lowest BCUT2D eigenvalue weighted by Gasteiger charge is -2.13. The number of rotatable bonds is 11. The van der Waals surface area contributed by atoms with Gasteiger partial charge in [0.05, 0.1) is 24.5 Å². The van der Waals surface area contributed by atoms with Gasteiger partial charge in [0.1, 0.15) is 40.7 Å². The summed E-state index contributed by atoms with van der Waals surface area (Å²) in [6.07, 6.45) is 4.43. The molecule has 6 nitrogen and oxygen atoms in total. The molecule has 1 atom stereocenters. The minimum atomic E-state index is -0.0721. The first kappa shape index (κ1) is 24.2. The van der Waals surface area contributed by atoms with Crippen LogP contribution < -0.4 is 14.2 Å². The predicted molar refractivity (Wildman–Crippen MR) is 126 cm³/mol. The number of hydrogen-bond donors (Lipinski definition) is 0. The van der Waals surface area contributed by atoms with Crippen molar-refractivity contribution < 1.29 is 23.8 Å². The number of carbonyl (C=O) groups is 1. The number of oxime groups is 1. The molecule has 2 aromatic rings. The van der Waals surface area contributed by atoms with E-state index < -0.39 is 0 Å². The number of methoxy groups -OCH3 is 1. The highest BCUT2D eigenvalue weighted by Gasteiger charge is 2.26. The van der Waals surface area contributed by atoms with Crippen molar-refractivity contribution in [3.05, 3.63) is 63.1 Å². The summed E-state index contributed by atoms with van der Waals surface area (Å²) in [6.45, 7) is 0.735. The van der Waals surface area contributed by atoms with E-state index in [0.717, 1.165) is 30.6 Å². The summed E-state index contributed by atoms with van der Waals surface area (Å²) in [6, 6.07) is 10.5. The smallest absolute Gasteiger partial charge is 0.150 e. The number of ether oxygens (including phenoxy) is 3. The molecule has 0 aliphatic carbocycles. The Kier molecular flexibility index (Phi) is 9.09. The number of hydrogen-bond acceptors (Lipinski definition) is 6. The Morgan fingerprint density at radius 2 is 1.97 bits per heavy atom. The monoisotopic (exact) mass is 497 g/mol. The van der Waals surface area contributed by atoms with Crippen LogP contribution in [0.15, 0.2) is 52.1 Å². The van der Waals surface area contributed by atoms with Gasteiger partial charge in [-0.05, 0) is 49.2 Å². The molecule has 1 aliphatic heterocycles. The average molecular weight is 499 g/mol. The zero-order chi connectivity index (χ0) is 22.9. The van der Waals surface area contributed by atoms with Crippen molar-refractivity contribution in [2.45, 2.75) is 25.4 Å². The Hall–Kier alpha value is -2.41. The molecular weight excluding hydrogens is 477 g/mol. The summed E-state index contributed by atoms with van der Waals surface area (Å²) < 4.78 is 16.9. The van der Waals surface area contributed by atoms with Gasteiger partial charge in [-0.15, -0.1) is 0 Å². The van der Waals surface area contributed by atoms with Gasteiger partial charge in [0.15, 0.2) is 0 Å². The molecule has 0 fully saturated rings. The van der Waals surface area contributed by atoms with E-state index in [1.807, 2.05) is 0 Å². The van der Waals surface area contributed by atoms with Gasteiger partial charge in [-0.25, -0.2) is 0 Å². The van der Waals surface area contributed by atoms with E-state index in [1.54, 1.807) is 43.5 Å². The molecule has 170 valence electrons. The topological polar surface area (TPSA) is 66.3 Å². The Balaban J connectivity index is 1.54. The Labute approximate surface area is 201 Å². The quantitative estimate of drug-likeness (QED) is 0.272. The summed E-state index contributed by atoms with van der Waals surface area (Å²) in [5, 5.41) is 4.64. The molecule has 0 amide bonds. The van der Waals surface area contributed by atoms with Crippen molar-refractivity contribution in [3.63, 3.8) is 0 Å². The van der Waals surface area contributed by atoms with Gasteiger partial charge in [-0.1, -0.05) is 40.0 Å². The average Bonchev–Trinajstić information content (AvgIpc) is 3.25. The Morgan fingerprint density at radius 1 is 1.19 bits per heavy atom. The lowest BCUT2D eigenvalue weighted by atomic mass is 10.0. The molecule has 2 aromatic carbocycles. The molecule has 1 aliphatic rings. The largest absolute Gasteiger partial charge is 0.494 e. The van der Waals surface area contributed by atoms with Crippen LogP contribution in [0.3, 0.4) is 0 Å². The lowest BCUT2D eigenvalue weighted by Crippen LogP contribution is -2.11. The van der Waals surface area contributed by atoms with E-state index in [2.05, 4.69) is 5.16 Å². The van der Waals surface area contributed by atoms with Crippen molar-refractivity contribution in [2.24, 2.45) is 5.16 Å². The van der Waals surface area contributed by atoms with E-state index >= 15 is 0 Å². The standard InChI is InChI=1S/C23H22Cl3NO5/c1-29-23-19(11-18(12-20(23)24)31-10-8-22(25)26)21-13-17(32-27-21)3-2-9-30-16-6-4-15(14-28)5-7-16/h4-8,11-12,14,17H,2-3,9-10,13H2,1H3. The maximum absolute atomic E-state index is 10.7. The molecule has 9 heteroatoms. The van der Waals surface area contributed by atoms with Gasteiger partial charge >= 0.3 is 0 Å². The van der Waals surface area contributed by atoms with Crippen molar-refractivity contribution in [3.8, 4) is 17.2 Å². The van der Waals surface area contributed by atoms with Crippen LogP contribution in [0, 0.1) is 0 Å². The molecule has 32 heavy (non-hydrogen) atoms. The van der Waals surface area contributed by atoms with E-state index in [0.29, 0.717) is 40.7 Å². The van der Waals surface area contributed by atoms with Gasteiger partial charge in [-0.2, -0.15) is 0 Å². The molecular formula is C23H22Cl3NO5. The number of benzene rings is 2. The third-order valence-electron chi connectivity index (χ3n) is 4.71. The van der Waals surface area contributed by atoms with Gasteiger partial charge in [0.2, 0.25) is 0 Å². The lowest BCUT2D eigenvalue weighted by molar-refractivity contribution is 0.0741. The molecule has 0 saturated heterocycles. The third-order valence-corrected chi connectivity index (χ3v) is 5.30. The fraction of sp³-hybridized carbons (Fsp3) is 0.304. The van der Waals surface area contributed by atoms with E-state index in [9.17, 15) is 4.79 Å². The SMILES string of the molecule is COc1c(Cl)cc(OCC=C(Cl)Cl)cc1C1=NOC(CCCOc2ccc(C=O)cc2)C1. The van der Waals surface area contributed by atoms with Crippen LogP contribution in [0.4, 0.5) is 0 Å². The number of nitrogens with zero attached hydrogens (tertiary/aromatic N) is 1. The molecule has 0 spiro atoms. The molecule has 1 heterocycles. The van der Waals surface area contributed by atoms with Gasteiger partial charge in [0, 0.05) is 23.6 Å². The highest BCUT2D eigenvalue weighted by atomic mass is 35.5. The van der Waals surface area contributed by atoms with Crippen LogP contribution in [0.25, 0.3) is 0 Å². The highest BCUT2D eigenvalue weighted by molar-refractivity contribution is 6.55. The van der Waals surface area contributed by atoms with E-state index in [4.69, 9.17) is 53.9 Å². The summed E-state index contributed by atoms with van der Waals surface area (Å²) in [5.41, 5.74) is 2.06. The Bertz CT molecular complexity index is 988. The van der Waals surface area contributed by atoms with Crippen molar-refractivity contribution in [1.82, 2.24) is 0 Å². The van der Waals surface area contributed by atoms with Crippen LogP contribution in [-0.2, 0) is 4.84 Å². The zero-order valence-electron chi connectivity index (χ0n) is 17.4. The van der Waals surface area contributed by atoms with Crippen LogP contribution in [0.1, 0.15) is 35.2 Å². The summed E-state index contributed by atoms with van der Waals surface area (Å²) >= 11 is 17.6. The van der Waals surface area contributed by atoms with Crippen LogP contribution in [-0.4, -0.2) is 38.4 Å². The molecule has 0 bridgehead atoms. The summed E-state index contributed by atoms with van der Waals surface area (Å²) in [4.78, 5) is 16.3. The van der Waals surface area contributed by atoms with Gasteiger partial charge in [0.25, 0.3) is 0 Å². The molecule has 3 rings (SSSR count). The van der Waals surface area contributed by atoms with Gasteiger partial charge < -0.3 is 19.0 Å². The molecule has 0 radical (unpaired) electrons. The fourth-order valence-corrected chi connectivity index (χ4v) is 3.57. The second-order valence-electron chi connectivity index (χ2n) is 6.94. The first-order chi connectivity index (χ1) is 15.5. The van der Waals surface area contributed by atoms with E-state index in [1.165, 1.54) is 6.08 Å². The molecule has 0 N–H and O–H groups in total. The van der Waals surface area contributed by atoms with Crippen LogP contribution >= 0.6 is 34.8 Å². The first-order valence-electron chi connectivity index (χ1n) is 9.92. The number of carbonyl (C=O) groups excluding carboxylic acids is 1. The third kappa shape index (κ3) is 6.79. The minimum absolute atomic E-state index is 0.0721. The number of aldehydes is 1. The molecule has 0 saturated carbocycles. The van der Waals surface area contributed by atoms with Crippen LogP contribution in [0.2, 0.25) is 5.02 Å². The number of halogens is 3. The van der Waals surface area contributed by atoms with Gasteiger partial charge in [-0.3, -0.25) is 4.79 Å². The van der Waals surface area contributed by atoms with Crippen molar-refractivity contribution >= 4 is 46.8 Å². The first-order valence-corrected chi connectivity index (χ1v) is 11.1. The normalized spacial score (nSPS) is 14.9. The minimum Gasteiger partial charge on any atom is -0.494 e. The molecule has 1 unspecified atom stereocenters. The highest BCUT2D eigenvalue weighted by Crippen LogP contribution is 2.36. The predicted octanol–water partition coefficient (Wildman–Crippen LogP) is 6.21. The Morgan fingerprint density at radius 3 is 2.66 bits per heavy atom.